The van der Waals surface area contributed by atoms with E-state index in [9.17, 15) is 14.3 Å². The Hall–Kier alpha value is -2.17. The van der Waals surface area contributed by atoms with Crippen molar-refractivity contribution in [3.05, 3.63) is 47.5 Å². The molecule has 0 aliphatic carbocycles. The molecule has 0 amide bonds. The number of carbonyl (C=O) groups is 1. The molecule has 1 aromatic heterocycles. The summed E-state index contributed by atoms with van der Waals surface area (Å²) in [6.45, 7) is 4.78. The van der Waals surface area contributed by atoms with Gasteiger partial charge in [0, 0.05) is 12.7 Å². The number of halogens is 1. The lowest BCUT2D eigenvalue weighted by molar-refractivity contribution is 0.103. The van der Waals surface area contributed by atoms with Crippen molar-refractivity contribution in [2.75, 3.05) is 0 Å². The van der Waals surface area contributed by atoms with Crippen LogP contribution in [0.15, 0.2) is 30.6 Å². The molecular weight excluding hydrogens is 247 g/mol. The van der Waals surface area contributed by atoms with E-state index in [1.54, 1.807) is 10.9 Å². The van der Waals surface area contributed by atoms with Crippen LogP contribution in [-0.2, 0) is 6.54 Å². The molecule has 0 saturated carbocycles. The number of phenols is 1. The van der Waals surface area contributed by atoms with E-state index in [1.807, 2.05) is 13.8 Å². The number of rotatable bonds is 4. The van der Waals surface area contributed by atoms with Crippen LogP contribution >= 0.6 is 0 Å². The summed E-state index contributed by atoms with van der Waals surface area (Å²) >= 11 is 0. The summed E-state index contributed by atoms with van der Waals surface area (Å²) in [5.41, 5.74) is 0.283. The van der Waals surface area contributed by atoms with Gasteiger partial charge in [-0.25, -0.2) is 4.39 Å². The van der Waals surface area contributed by atoms with Gasteiger partial charge in [0.25, 0.3) is 0 Å². The van der Waals surface area contributed by atoms with E-state index in [0.717, 1.165) is 12.1 Å². The van der Waals surface area contributed by atoms with Crippen LogP contribution in [0.5, 0.6) is 5.75 Å². The average molecular weight is 262 g/mol. The zero-order valence-corrected chi connectivity index (χ0v) is 10.8. The molecule has 0 saturated heterocycles. The summed E-state index contributed by atoms with van der Waals surface area (Å²) in [7, 11) is 0. The lowest BCUT2D eigenvalue weighted by atomic mass is 10.1. The van der Waals surface area contributed by atoms with Crippen molar-refractivity contribution in [3.8, 4) is 5.75 Å². The Morgan fingerprint density at radius 1 is 1.47 bits per heavy atom. The molecule has 0 aliphatic rings. The van der Waals surface area contributed by atoms with Crippen LogP contribution in [0.1, 0.15) is 29.8 Å². The summed E-state index contributed by atoms with van der Waals surface area (Å²) in [6.07, 6.45) is 3.03. The highest BCUT2D eigenvalue weighted by Gasteiger charge is 2.16. The standard InChI is InChI=1S/C14H15FN2O2/c1-9(2)7-17-8-10(6-16-17)14(19)12-5-11(15)3-4-13(12)18/h3-6,8-9,18H,7H2,1-2H3. The third kappa shape index (κ3) is 2.99. The van der Waals surface area contributed by atoms with Gasteiger partial charge in [0.15, 0.2) is 5.78 Å². The minimum Gasteiger partial charge on any atom is -0.507 e. The van der Waals surface area contributed by atoms with Gasteiger partial charge in [-0.15, -0.1) is 0 Å². The molecule has 100 valence electrons. The van der Waals surface area contributed by atoms with Gasteiger partial charge in [-0.2, -0.15) is 5.10 Å². The zero-order valence-electron chi connectivity index (χ0n) is 10.8. The first-order chi connectivity index (χ1) is 8.97. The molecule has 1 heterocycles. The van der Waals surface area contributed by atoms with Crippen molar-refractivity contribution < 1.29 is 14.3 Å². The molecule has 5 heteroatoms. The van der Waals surface area contributed by atoms with Gasteiger partial charge in [0.1, 0.15) is 11.6 Å². The largest absolute Gasteiger partial charge is 0.507 e. The van der Waals surface area contributed by atoms with Gasteiger partial charge >= 0.3 is 0 Å². The number of nitrogens with zero attached hydrogens (tertiary/aromatic N) is 2. The fourth-order valence-electron chi connectivity index (χ4n) is 1.80. The summed E-state index contributed by atoms with van der Waals surface area (Å²) < 4.78 is 14.8. The highest BCUT2D eigenvalue weighted by atomic mass is 19.1. The van der Waals surface area contributed by atoms with Crippen LogP contribution < -0.4 is 0 Å². The summed E-state index contributed by atoms with van der Waals surface area (Å²) in [6, 6.07) is 3.30. The smallest absolute Gasteiger partial charge is 0.200 e. The second-order valence-electron chi connectivity index (χ2n) is 4.84. The molecular formula is C14H15FN2O2. The van der Waals surface area contributed by atoms with E-state index in [0.29, 0.717) is 18.0 Å². The third-order valence-electron chi connectivity index (χ3n) is 2.65. The maximum Gasteiger partial charge on any atom is 0.200 e. The van der Waals surface area contributed by atoms with Gasteiger partial charge < -0.3 is 5.11 Å². The molecule has 0 radical (unpaired) electrons. The number of benzene rings is 1. The lowest BCUT2D eigenvalue weighted by Gasteiger charge is -2.04. The molecule has 0 spiro atoms. The third-order valence-corrected chi connectivity index (χ3v) is 2.65. The predicted molar refractivity (Wildman–Crippen MR) is 68.6 cm³/mol. The number of carbonyl (C=O) groups excluding carboxylic acids is 1. The van der Waals surface area contributed by atoms with Crippen LogP contribution in [0, 0.1) is 11.7 Å². The monoisotopic (exact) mass is 262 g/mol. The number of hydrogen-bond acceptors (Lipinski definition) is 3. The van der Waals surface area contributed by atoms with Crippen LogP contribution in [0.4, 0.5) is 4.39 Å². The molecule has 4 nitrogen and oxygen atoms in total. The Morgan fingerprint density at radius 2 is 2.21 bits per heavy atom. The van der Waals surface area contributed by atoms with Crippen molar-refractivity contribution in [2.24, 2.45) is 5.92 Å². The highest BCUT2D eigenvalue weighted by molar-refractivity contribution is 6.10. The van der Waals surface area contributed by atoms with Crippen molar-refractivity contribution in [1.82, 2.24) is 9.78 Å². The minimum absolute atomic E-state index is 0.0518. The molecule has 0 unspecified atom stereocenters. The zero-order chi connectivity index (χ0) is 14.0. The van der Waals surface area contributed by atoms with Gasteiger partial charge in [-0.1, -0.05) is 13.8 Å². The van der Waals surface area contributed by atoms with Gasteiger partial charge in [-0.3, -0.25) is 9.48 Å². The Bertz CT molecular complexity index is 605. The number of phenolic OH excluding ortho intramolecular Hbond substituents is 1. The Balaban J connectivity index is 2.28. The molecule has 0 aliphatic heterocycles. The van der Waals surface area contributed by atoms with E-state index in [1.165, 1.54) is 12.3 Å². The molecule has 1 aromatic carbocycles. The van der Waals surface area contributed by atoms with Crippen molar-refractivity contribution in [1.29, 1.82) is 0 Å². The molecule has 2 aromatic rings. The normalized spacial score (nSPS) is 10.9. The molecule has 0 atom stereocenters. The van der Waals surface area contributed by atoms with Crippen LogP contribution in [0.3, 0.4) is 0 Å². The summed E-state index contributed by atoms with van der Waals surface area (Å²) in [4.78, 5) is 12.1. The minimum atomic E-state index is -0.560. The predicted octanol–water partition coefficient (Wildman–Crippen LogP) is 2.61. The first kappa shape index (κ1) is 13.3. The molecule has 0 fully saturated rings. The van der Waals surface area contributed by atoms with E-state index in [4.69, 9.17) is 0 Å². The number of aromatic hydroxyl groups is 1. The van der Waals surface area contributed by atoms with Crippen LogP contribution in [0.25, 0.3) is 0 Å². The van der Waals surface area contributed by atoms with E-state index in [-0.39, 0.29) is 11.3 Å². The summed E-state index contributed by atoms with van der Waals surface area (Å²) in [5.74, 6) is -0.823. The molecule has 19 heavy (non-hydrogen) atoms. The van der Waals surface area contributed by atoms with Gasteiger partial charge in [0.05, 0.1) is 17.3 Å². The highest BCUT2D eigenvalue weighted by Crippen LogP contribution is 2.21. The van der Waals surface area contributed by atoms with Crippen LogP contribution in [0.2, 0.25) is 0 Å². The second kappa shape index (κ2) is 5.22. The van der Waals surface area contributed by atoms with Gasteiger partial charge in [0.2, 0.25) is 0 Å². The Kier molecular flexibility index (Phi) is 3.64. The van der Waals surface area contributed by atoms with Crippen molar-refractivity contribution in [2.45, 2.75) is 20.4 Å². The SMILES string of the molecule is CC(C)Cn1cc(C(=O)c2cc(F)ccc2O)cn1. The van der Waals surface area contributed by atoms with Crippen molar-refractivity contribution >= 4 is 5.78 Å². The molecule has 0 bridgehead atoms. The molecule has 1 N–H and O–H groups in total. The quantitative estimate of drug-likeness (QED) is 0.862. The molecule has 2 rings (SSSR count). The first-order valence-electron chi connectivity index (χ1n) is 6.03. The van der Waals surface area contributed by atoms with Gasteiger partial charge in [-0.05, 0) is 24.1 Å². The topological polar surface area (TPSA) is 55.1 Å². The summed E-state index contributed by atoms with van der Waals surface area (Å²) in [5, 5.41) is 13.7. The van der Waals surface area contributed by atoms with Crippen LogP contribution in [-0.4, -0.2) is 20.7 Å². The first-order valence-corrected chi connectivity index (χ1v) is 6.03. The number of hydrogen-bond donors (Lipinski definition) is 1. The maximum absolute atomic E-state index is 13.1. The van der Waals surface area contributed by atoms with E-state index < -0.39 is 11.6 Å². The number of ketones is 1. The number of aromatic nitrogens is 2. The second-order valence-corrected chi connectivity index (χ2v) is 4.84. The Labute approximate surface area is 110 Å². The average Bonchev–Trinajstić information content (AvgIpc) is 2.79. The Morgan fingerprint density at radius 3 is 2.89 bits per heavy atom. The maximum atomic E-state index is 13.1. The van der Waals surface area contributed by atoms with E-state index >= 15 is 0 Å². The van der Waals surface area contributed by atoms with E-state index in [2.05, 4.69) is 5.10 Å². The fraction of sp³-hybridized carbons (Fsp3) is 0.286. The lowest BCUT2D eigenvalue weighted by Crippen LogP contribution is -2.05. The van der Waals surface area contributed by atoms with Crippen molar-refractivity contribution in [3.63, 3.8) is 0 Å². The fourth-order valence-corrected chi connectivity index (χ4v) is 1.80.